The fourth-order valence-electron chi connectivity index (χ4n) is 12.4. The number of rotatable bonds is 69. The van der Waals surface area contributed by atoms with Crippen LogP contribution in [0.2, 0.25) is 0 Å². The number of carbonyl (C=O) groups is 1. The minimum Gasteiger partial charge on any atom is -0.394 e. The van der Waals surface area contributed by atoms with E-state index in [0.29, 0.717) is 6.42 Å². The van der Waals surface area contributed by atoms with Crippen molar-refractivity contribution in [3.05, 3.63) is 85.1 Å². The van der Waals surface area contributed by atoms with Gasteiger partial charge in [0.05, 0.1) is 25.4 Å². The van der Waals surface area contributed by atoms with Gasteiger partial charge in [-0.05, 0) is 83.5 Å². The molecule has 0 spiro atoms. The fourth-order valence-corrected chi connectivity index (χ4v) is 12.4. The van der Waals surface area contributed by atoms with Gasteiger partial charge in [0.15, 0.2) is 6.29 Å². The number of carbonyl (C=O) groups excluding carboxylic acids is 1. The van der Waals surface area contributed by atoms with Gasteiger partial charge in [-0.3, -0.25) is 4.79 Å². The largest absolute Gasteiger partial charge is 0.394 e. The maximum Gasteiger partial charge on any atom is 0.220 e. The standard InChI is InChI=1S/C82H149NO8/c1-3-5-7-9-11-13-15-17-19-21-23-25-27-29-31-32-33-34-35-36-37-38-39-40-41-42-43-44-46-48-50-52-54-56-58-60-62-64-66-68-70-72-78(86)83-75(74-90-82-81(89)80(88)79(87)77(73-84)91-82)76(85)71-69-67-65-63-61-59-57-55-53-51-49-47-45-30-28-26-24-22-20-18-16-14-12-10-8-6-4-2/h5,7,11,13,17,19,23,25,53,55,61,63,69,71,75-77,79-82,84-85,87-89H,3-4,6,8-10,12,14-16,18,20-22,24,26-52,54,56-60,62,64-68,70,72-74H2,1-2H3,(H,83,86)/b7-5-,13-11-,19-17-,25-23-,55-53+,63-61+,71-69+. The second kappa shape index (κ2) is 70.2. The van der Waals surface area contributed by atoms with E-state index >= 15 is 0 Å². The molecule has 0 aliphatic carbocycles. The number of unbranched alkanes of at least 4 members (excludes halogenated alkanes) is 47. The quantitative estimate of drug-likeness (QED) is 0.0261. The Morgan fingerprint density at radius 3 is 1.05 bits per heavy atom. The Bertz CT molecular complexity index is 1720. The Kier molecular flexibility index (Phi) is 66.6. The summed E-state index contributed by atoms with van der Waals surface area (Å²) in [7, 11) is 0. The van der Waals surface area contributed by atoms with Crippen LogP contribution in [-0.2, 0) is 14.3 Å². The summed E-state index contributed by atoms with van der Waals surface area (Å²) in [6, 6.07) is -0.831. The Morgan fingerprint density at radius 1 is 0.385 bits per heavy atom. The Morgan fingerprint density at radius 2 is 0.692 bits per heavy atom. The van der Waals surface area contributed by atoms with Crippen LogP contribution in [0.4, 0.5) is 0 Å². The third-order valence-electron chi connectivity index (χ3n) is 18.4. The molecule has 6 N–H and O–H groups in total. The minimum absolute atomic E-state index is 0.185. The summed E-state index contributed by atoms with van der Waals surface area (Å²) in [4.78, 5) is 13.2. The van der Waals surface area contributed by atoms with Gasteiger partial charge in [-0.1, -0.05) is 369 Å². The highest BCUT2D eigenvalue weighted by Crippen LogP contribution is 2.24. The highest BCUT2D eigenvalue weighted by molar-refractivity contribution is 5.76. The maximum absolute atomic E-state index is 13.2. The van der Waals surface area contributed by atoms with Crippen LogP contribution in [0, 0.1) is 0 Å². The summed E-state index contributed by atoms with van der Waals surface area (Å²) in [5.41, 5.74) is 0. The Labute approximate surface area is 562 Å². The maximum atomic E-state index is 13.2. The van der Waals surface area contributed by atoms with E-state index in [1.807, 2.05) is 6.08 Å². The summed E-state index contributed by atoms with van der Waals surface area (Å²) in [6.45, 7) is 3.69. The van der Waals surface area contributed by atoms with E-state index in [0.717, 1.165) is 70.6 Å². The van der Waals surface area contributed by atoms with Crippen LogP contribution in [0.3, 0.4) is 0 Å². The molecule has 0 radical (unpaired) electrons. The molecule has 1 aliphatic heterocycles. The second-order valence-corrected chi connectivity index (χ2v) is 27.1. The number of amides is 1. The molecular formula is C82H149NO8. The second-order valence-electron chi connectivity index (χ2n) is 27.1. The van der Waals surface area contributed by atoms with Gasteiger partial charge in [0, 0.05) is 6.42 Å². The van der Waals surface area contributed by atoms with Crippen LogP contribution in [0.5, 0.6) is 0 Å². The van der Waals surface area contributed by atoms with Crippen molar-refractivity contribution in [1.82, 2.24) is 5.32 Å². The monoisotopic (exact) mass is 1280 g/mol. The smallest absolute Gasteiger partial charge is 0.220 e. The molecule has 9 nitrogen and oxygen atoms in total. The molecule has 1 fully saturated rings. The van der Waals surface area contributed by atoms with Gasteiger partial charge in [0.1, 0.15) is 24.4 Å². The lowest BCUT2D eigenvalue weighted by molar-refractivity contribution is -0.302. The molecule has 1 rings (SSSR count). The first-order valence-corrected chi connectivity index (χ1v) is 39.3. The van der Waals surface area contributed by atoms with E-state index in [1.165, 1.54) is 283 Å². The lowest BCUT2D eigenvalue weighted by Gasteiger charge is -2.40. The molecule has 0 aromatic rings. The molecule has 91 heavy (non-hydrogen) atoms. The van der Waals surface area contributed by atoms with Crippen LogP contribution in [0.25, 0.3) is 0 Å². The molecule has 0 aromatic carbocycles. The number of ether oxygens (including phenoxy) is 2. The third-order valence-corrected chi connectivity index (χ3v) is 18.4. The highest BCUT2D eigenvalue weighted by Gasteiger charge is 2.44. The summed E-state index contributed by atoms with van der Waals surface area (Å²) >= 11 is 0. The van der Waals surface area contributed by atoms with Crippen molar-refractivity contribution in [1.29, 1.82) is 0 Å². The molecular weight excluding hydrogens is 1130 g/mol. The van der Waals surface area contributed by atoms with E-state index in [4.69, 9.17) is 9.47 Å². The van der Waals surface area contributed by atoms with E-state index in [9.17, 15) is 30.3 Å². The zero-order valence-electron chi connectivity index (χ0n) is 59.6. The van der Waals surface area contributed by atoms with Gasteiger partial charge >= 0.3 is 0 Å². The zero-order valence-corrected chi connectivity index (χ0v) is 59.6. The number of allylic oxidation sites excluding steroid dienone is 13. The van der Waals surface area contributed by atoms with Crippen molar-refractivity contribution >= 4 is 5.91 Å². The molecule has 1 saturated heterocycles. The molecule has 7 unspecified atom stereocenters. The SMILES string of the molecule is CC/C=C\C/C=C\C/C=C\C/C=C\CCCCCCCCCCCCCCCCCCCCCCCCCCCCCCC(=O)NC(COC1OC(CO)C(O)C(O)C1O)C(O)/C=C/CC/C=C/CC/C=C/CCCCCCCCCCCCCCCCCCC. The van der Waals surface area contributed by atoms with Crippen LogP contribution in [-0.4, -0.2) is 87.5 Å². The van der Waals surface area contributed by atoms with Gasteiger partial charge < -0.3 is 40.3 Å². The summed E-state index contributed by atoms with van der Waals surface area (Å²) < 4.78 is 11.3. The first kappa shape index (κ1) is 86.4. The Balaban J connectivity index is 2.07. The van der Waals surface area contributed by atoms with Gasteiger partial charge in [-0.25, -0.2) is 0 Å². The van der Waals surface area contributed by atoms with Gasteiger partial charge in [0.25, 0.3) is 0 Å². The first-order valence-electron chi connectivity index (χ1n) is 39.3. The van der Waals surface area contributed by atoms with Crippen molar-refractivity contribution in [3.63, 3.8) is 0 Å². The molecule has 7 atom stereocenters. The van der Waals surface area contributed by atoms with E-state index < -0.39 is 49.5 Å². The predicted molar refractivity (Wildman–Crippen MR) is 392 cm³/mol. The zero-order chi connectivity index (χ0) is 65.7. The number of hydrogen-bond donors (Lipinski definition) is 6. The summed E-state index contributed by atoms with van der Waals surface area (Å²) in [5, 5.41) is 54.8. The van der Waals surface area contributed by atoms with Crippen molar-refractivity contribution < 1.29 is 39.8 Å². The molecule has 0 aromatic heterocycles. The summed E-state index contributed by atoms with van der Waals surface area (Å²) in [6.07, 6.45) is 94.5. The Hall–Kier alpha value is -2.63. The molecule has 1 heterocycles. The van der Waals surface area contributed by atoms with Gasteiger partial charge in [-0.15, -0.1) is 0 Å². The van der Waals surface area contributed by atoms with Crippen LogP contribution in [0.15, 0.2) is 85.1 Å². The lowest BCUT2D eigenvalue weighted by Crippen LogP contribution is -2.60. The van der Waals surface area contributed by atoms with E-state index in [-0.39, 0.29) is 12.5 Å². The molecule has 530 valence electrons. The third kappa shape index (κ3) is 58.5. The fraction of sp³-hybridized carbons (Fsp3) is 0.817. The van der Waals surface area contributed by atoms with Crippen molar-refractivity contribution in [2.75, 3.05) is 13.2 Å². The molecule has 9 heteroatoms. The van der Waals surface area contributed by atoms with Gasteiger partial charge in [-0.2, -0.15) is 0 Å². The predicted octanol–water partition coefficient (Wildman–Crippen LogP) is 22.4. The first-order chi connectivity index (χ1) is 44.8. The van der Waals surface area contributed by atoms with Crippen molar-refractivity contribution in [3.8, 4) is 0 Å². The van der Waals surface area contributed by atoms with Crippen molar-refractivity contribution in [2.24, 2.45) is 0 Å². The van der Waals surface area contributed by atoms with Crippen molar-refractivity contribution in [2.45, 2.75) is 416 Å². The van der Waals surface area contributed by atoms with Crippen LogP contribution in [0.1, 0.15) is 373 Å². The average Bonchev–Trinajstić information content (AvgIpc) is 1.58. The van der Waals surface area contributed by atoms with Crippen LogP contribution >= 0.6 is 0 Å². The van der Waals surface area contributed by atoms with E-state index in [1.54, 1.807) is 6.08 Å². The molecule has 0 saturated carbocycles. The number of nitrogens with one attached hydrogen (secondary N) is 1. The lowest BCUT2D eigenvalue weighted by atomic mass is 9.99. The normalized spacial score (nSPS) is 18.2. The number of aliphatic hydroxyl groups excluding tert-OH is 5. The molecule has 1 aliphatic rings. The topological polar surface area (TPSA) is 149 Å². The van der Waals surface area contributed by atoms with E-state index in [2.05, 4.69) is 92.1 Å². The molecule has 0 bridgehead atoms. The average molecular weight is 1280 g/mol. The number of hydrogen-bond acceptors (Lipinski definition) is 8. The molecule has 1 amide bonds. The van der Waals surface area contributed by atoms with Crippen LogP contribution < -0.4 is 5.32 Å². The number of aliphatic hydroxyl groups is 5. The minimum atomic E-state index is -1.58. The highest BCUT2D eigenvalue weighted by atomic mass is 16.7. The summed E-state index contributed by atoms with van der Waals surface area (Å²) in [5.74, 6) is -0.185. The van der Waals surface area contributed by atoms with Gasteiger partial charge in [0.2, 0.25) is 5.91 Å².